The van der Waals surface area contributed by atoms with Crippen LogP contribution in [-0.2, 0) is 12.4 Å². The molecule has 0 nitrogen and oxygen atoms in total. The maximum atomic E-state index is 15.5. The molecular weight excluding hydrogens is 1020 g/mol. The van der Waals surface area contributed by atoms with E-state index < -0.39 is 227 Å². The van der Waals surface area contributed by atoms with E-state index in [2.05, 4.69) is 0 Å². The number of benzene rings is 7. The van der Waals surface area contributed by atoms with Crippen LogP contribution in [0.15, 0.2) is 24.3 Å². The summed E-state index contributed by atoms with van der Waals surface area (Å²) in [5, 5.41) is -13.3. The third-order valence-corrected chi connectivity index (χ3v) is 11.4. The maximum Gasteiger partial charge on any atom is 0.417 e. The average Bonchev–Trinajstić information content (AvgIpc) is 3.29. The quantitative estimate of drug-likeness (QED) is 0.0936. The summed E-state index contributed by atoms with van der Waals surface area (Å²) < 4.78 is 390. The lowest BCUT2D eigenvalue weighted by Gasteiger charge is -2.30. The van der Waals surface area contributed by atoms with Crippen LogP contribution >= 0.6 is 0 Å². The molecule has 9 aromatic rings. The van der Waals surface area contributed by atoms with Crippen molar-refractivity contribution in [3.8, 4) is 44.5 Å². The van der Waals surface area contributed by atoms with Gasteiger partial charge in [0.05, 0.1) is 33.4 Å². The Bertz CT molecular complexity index is 3250. The van der Waals surface area contributed by atoms with Gasteiger partial charge in [-0.2, -0.15) is 26.3 Å². The topological polar surface area (TPSA) is 0 Å². The SMILES string of the molecule is Fc1c(F)c(F)c(-c2cc3c(cc2-c2c(F)c(F)c(F)c(F)c2F)c2c(C(F)(F)F)c4c5cc(-c6c(F)c(F)c(F)c(F)c6F)c(-c6c(F)c(F)c(F)c(F)c6F)cc5c4c(C(F)(F)F)c32)c(F)c1F. The van der Waals surface area contributed by atoms with E-state index in [0.29, 0.717) is 0 Å². The van der Waals surface area contributed by atoms with Gasteiger partial charge in [0.15, 0.2) is 93.1 Å². The van der Waals surface area contributed by atoms with E-state index in [9.17, 15) is 52.7 Å². The first-order valence-electron chi connectivity index (χ1n) is 18.2. The van der Waals surface area contributed by atoms with Crippen molar-refractivity contribution in [2.45, 2.75) is 12.4 Å². The summed E-state index contributed by atoms with van der Waals surface area (Å²) >= 11 is 0. The zero-order valence-corrected chi connectivity index (χ0v) is 32.1. The second-order valence-electron chi connectivity index (χ2n) is 14.9. The van der Waals surface area contributed by atoms with Gasteiger partial charge >= 0.3 is 12.4 Å². The predicted octanol–water partition coefficient (Wildman–Crippen LogP) is 16.7. The van der Waals surface area contributed by atoms with Crippen LogP contribution in [0.5, 0.6) is 0 Å². The van der Waals surface area contributed by atoms with Crippen molar-refractivity contribution < 1.29 is 114 Å². The minimum absolute atomic E-state index is 0.225. The maximum absolute atomic E-state index is 15.5. The highest BCUT2D eigenvalue weighted by molar-refractivity contribution is 6.40. The zero-order valence-electron chi connectivity index (χ0n) is 32.1. The molecule has 0 radical (unpaired) electrons. The minimum Gasteiger partial charge on any atom is -0.203 e. The molecule has 26 heteroatoms. The Labute approximate surface area is 365 Å². The van der Waals surface area contributed by atoms with Gasteiger partial charge in [0, 0.05) is 21.5 Å². The van der Waals surface area contributed by atoms with Crippen molar-refractivity contribution >= 4 is 43.1 Å². The third-order valence-electron chi connectivity index (χ3n) is 11.4. The molecule has 0 aliphatic heterocycles. The van der Waals surface area contributed by atoms with Gasteiger partial charge in [-0.15, -0.1) is 0 Å². The molecule has 70 heavy (non-hydrogen) atoms. The summed E-state index contributed by atoms with van der Waals surface area (Å²) in [7, 11) is 0. The highest BCUT2D eigenvalue weighted by atomic mass is 19.4. The molecule has 0 aromatic heterocycles. The highest BCUT2D eigenvalue weighted by Gasteiger charge is 2.47. The number of fused-ring (bicyclic) bond motifs is 8. The monoisotopic (exact) mass is 1030 g/mol. The Morgan fingerprint density at radius 2 is 0.329 bits per heavy atom. The van der Waals surface area contributed by atoms with E-state index in [0.717, 1.165) is 0 Å². The minimum atomic E-state index is -6.15. The first-order chi connectivity index (χ1) is 32.4. The van der Waals surface area contributed by atoms with Crippen LogP contribution in [0.3, 0.4) is 0 Å². The van der Waals surface area contributed by atoms with Gasteiger partial charge in [0.25, 0.3) is 0 Å². The first-order valence-corrected chi connectivity index (χ1v) is 18.2. The van der Waals surface area contributed by atoms with Gasteiger partial charge in [-0.1, -0.05) is 0 Å². The molecule has 0 spiro atoms. The summed E-state index contributed by atoms with van der Waals surface area (Å²) in [6.45, 7) is 0. The van der Waals surface area contributed by atoms with Crippen LogP contribution < -0.4 is 0 Å². The molecule has 0 aliphatic carbocycles. The van der Waals surface area contributed by atoms with E-state index in [4.69, 9.17) is 0 Å². The van der Waals surface area contributed by atoms with Gasteiger partial charge in [-0.3, -0.25) is 0 Å². The van der Waals surface area contributed by atoms with Crippen molar-refractivity contribution in [2.24, 2.45) is 0 Å². The van der Waals surface area contributed by atoms with Crippen molar-refractivity contribution in [2.75, 3.05) is 0 Å². The summed E-state index contributed by atoms with van der Waals surface area (Å²) in [5.74, 6) is -59.3. The molecule has 362 valence electrons. The average molecular weight is 1030 g/mol. The molecule has 0 saturated carbocycles. The molecular formula is C44H4F26. The van der Waals surface area contributed by atoms with Gasteiger partial charge in [-0.25, -0.2) is 87.8 Å². The lowest BCUT2D eigenvalue weighted by Crippen LogP contribution is -2.17. The lowest BCUT2D eigenvalue weighted by molar-refractivity contribution is -0.137. The fourth-order valence-electron chi connectivity index (χ4n) is 8.49. The number of halogens is 26. The predicted molar refractivity (Wildman–Crippen MR) is 190 cm³/mol. The molecule has 0 heterocycles. The molecule has 0 N–H and O–H groups in total. The molecule has 0 saturated heterocycles. The van der Waals surface area contributed by atoms with Gasteiger partial charge in [0.1, 0.15) is 0 Å². The van der Waals surface area contributed by atoms with Crippen LogP contribution in [0.2, 0.25) is 0 Å². The molecule has 0 aliphatic rings. The summed E-state index contributed by atoms with van der Waals surface area (Å²) in [4.78, 5) is 0. The number of hydrogen-bond donors (Lipinski definition) is 0. The largest absolute Gasteiger partial charge is 0.417 e. The van der Waals surface area contributed by atoms with E-state index in [1.54, 1.807) is 0 Å². The van der Waals surface area contributed by atoms with Crippen LogP contribution in [0.1, 0.15) is 11.1 Å². The van der Waals surface area contributed by atoms with Gasteiger partial charge in [-0.05, 0) is 68.1 Å². The van der Waals surface area contributed by atoms with E-state index in [1.807, 2.05) is 0 Å². The molecule has 0 atom stereocenters. The van der Waals surface area contributed by atoms with Gasteiger partial charge in [0.2, 0.25) is 23.3 Å². The summed E-state index contributed by atoms with van der Waals surface area (Å²) in [6.07, 6.45) is -12.3. The second-order valence-corrected chi connectivity index (χ2v) is 14.9. The highest BCUT2D eigenvalue weighted by Crippen LogP contribution is 2.60. The fraction of sp³-hybridized carbons (Fsp3) is 0.0455. The Hall–Kier alpha value is -7.28. The number of hydrogen-bond acceptors (Lipinski definition) is 0. The molecule has 0 bridgehead atoms. The smallest absolute Gasteiger partial charge is 0.203 e. The fourth-order valence-corrected chi connectivity index (χ4v) is 8.49. The first kappa shape index (κ1) is 47.8. The van der Waals surface area contributed by atoms with E-state index in [-0.39, 0.29) is 24.3 Å². The lowest BCUT2D eigenvalue weighted by atomic mass is 9.75. The van der Waals surface area contributed by atoms with Crippen LogP contribution in [0.4, 0.5) is 114 Å². The van der Waals surface area contributed by atoms with Gasteiger partial charge < -0.3 is 0 Å². The number of rotatable bonds is 4. The molecule has 0 fully saturated rings. The Morgan fingerprint density at radius 1 is 0.200 bits per heavy atom. The normalized spacial score (nSPS) is 12.7. The molecule has 0 amide bonds. The Balaban J connectivity index is 1.55. The Morgan fingerprint density at radius 3 is 0.457 bits per heavy atom. The second kappa shape index (κ2) is 15.1. The zero-order chi connectivity index (χ0) is 51.8. The van der Waals surface area contributed by atoms with E-state index in [1.165, 1.54) is 0 Å². The molecule has 0 unspecified atom stereocenters. The molecule has 9 aromatic carbocycles. The van der Waals surface area contributed by atoms with Crippen LogP contribution in [-0.4, -0.2) is 0 Å². The van der Waals surface area contributed by atoms with Crippen molar-refractivity contribution in [3.05, 3.63) is 152 Å². The van der Waals surface area contributed by atoms with Crippen molar-refractivity contribution in [1.29, 1.82) is 0 Å². The van der Waals surface area contributed by atoms with Crippen molar-refractivity contribution in [3.63, 3.8) is 0 Å². The summed E-state index contributed by atoms with van der Waals surface area (Å²) in [6, 6.07) is -0.900. The van der Waals surface area contributed by atoms with Crippen molar-refractivity contribution in [1.82, 2.24) is 0 Å². The van der Waals surface area contributed by atoms with E-state index >= 15 is 61.5 Å². The van der Waals surface area contributed by atoms with Crippen LogP contribution in [0.25, 0.3) is 87.6 Å². The summed E-state index contributed by atoms with van der Waals surface area (Å²) in [5.41, 5.74) is -22.2. The Kier molecular flexibility index (Phi) is 10.3. The third kappa shape index (κ3) is 6.08. The number of alkyl halides is 6. The molecule has 9 rings (SSSR count). The van der Waals surface area contributed by atoms with Crippen LogP contribution in [0, 0.1) is 116 Å². The standard InChI is InChI=1S/C44H4F26/c45-23-17(24(46)32(54)39(61)31(23)53)9-1-5-6(2-10(9)18-25(47)33(55)40(62)34(56)26(18)48)14-13(5)21(43(65,66)67)15-7-3-11(19-27(49)35(57)41(63)36(58)28(19)50)12(4-8(7)16(15)22(14)44(68,69)70)20-29(51)37(59)42(64)38(60)30(20)52/h1-4H.